The van der Waals surface area contributed by atoms with E-state index in [0.29, 0.717) is 0 Å². The van der Waals surface area contributed by atoms with Crippen LogP contribution in [0.3, 0.4) is 0 Å². The van der Waals surface area contributed by atoms with Gasteiger partial charge in [-0.2, -0.15) is 0 Å². The van der Waals surface area contributed by atoms with E-state index in [1.807, 2.05) is 0 Å². The minimum Gasteiger partial charge on any atom is 0 e. The quantitative estimate of drug-likeness (QED) is 0.374. The van der Waals surface area contributed by atoms with Crippen LogP contribution in [0.1, 0.15) is 0 Å². The van der Waals surface area contributed by atoms with Crippen LogP contribution in [0.5, 0.6) is 0 Å². The normalized spacial score (nSPS) is 0. The molecule has 0 amide bonds. The van der Waals surface area contributed by atoms with Crippen LogP contribution in [0.25, 0.3) is 0 Å². The van der Waals surface area contributed by atoms with Gasteiger partial charge in [-0.05, 0) is 0 Å². The Balaban J connectivity index is 0. The molecule has 16 radical (unpaired) electrons. The van der Waals surface area contributed by atoms with E-state index in [-0.39, 0.29) is 95.6 Å². The molecular formula is Sn4. The SMILES string of the molecule is [Sn].[Sn].[Sn].[Sn]. The van der Waals surface area contributed by atoms with Crippen molar-refractivity contribution in [2.75, 3.05) is 0 Å². The summed E-state index contributed by atoms with van der Waals surface area (Å²) in [6.45, 7) is 0. The summed E-state index contributed by atoms with van der Waals surface area (Å²) in [5.41, 5.74) is 0. The molecule has 16 valence electrons. The average molecular weight is 475 g/mol. The summed E-state index contributed by atoms with van der Waals surface area (Å²) < 4.78 is 0. The van der Waals surface area contributed by atoms with Gasteiger partial charge in [-0.1, -0.05) is 0 Å². The zero-order chi connectivity index (χ0) is 0. The number of hydrogen-bond acceptors (Lipinski definition) is 0. The summed E-state index contributed by atoms with van der Waals surface area (Å²) >= 11 is 0. The molecule has 0 aromatic heterocycles. The Morgan fingerprint density at radius 3 is 0.250 bits per heavy atom. The molecule has 0 rings (SSSR count). The van der Waals surface area contributed by atoms with E-state index >= 15 is 0 Å². The second kappa shape index (κ2) is 16.4. The fourth-order valence-corrected chi connectivity index (χ4v) is 0. The summed E-state index contributed by atoms with van der Waals surface area (Å²) in [6.07, 6.45) is 0. The molecule has 0 atom stereocenters. The summed E-state index contributed by atoms with van der Waals surface area (Å²) in [4.78, 5) is 0. The van der Waals surface area contributed by atoms with Crippen LogP contribution in [0.15, 0.2) is 0 Å². The fourth-order valence-electron chi connectivity index (χ4n) is 0. The summed E-state index contributed by atoms with van der Waals surface area (Å²) in [5, 5.41) is 0. The molecule has 0 bridgehead atoms. The Kier molecular flexibility index (Phi) is 111. The Morgan fingerprint density at radius 1 is 0.250 bits per heavy atom. The van der Waals surface area contributed by atoms with E-state index in [1.54, 1.807) is 0 Å². The molecule has 0 saturated carbocycles. The van der Waals surface area contributed by atoms with E-state index in [4.69, 9.17) is 0 Å². The van der Waals surface area contributed by atoms with Gasteiger partial charge in [0.2, 0.25) is 0 Å². The van der Waals surface area contributed by atoms with E-state index in [0.717, 1.165) is 0 Å². The van der Waals surface area contributed by atoms with Crippen molar-refractivity contribution >= 4 is 95.6 Å². The van der Waals surface area contributed by atoms with Gasteiger partial charge < -0.3 is 0 Å². The van der Waals surface area contributed by atoms with E-state index in [9.17, 15) is 0 Å². The molecule has 0 aromatic carbocycles. The van der Waals surface area contributed by atoms with Gasteiger partial charge in [0, 0.05) is 95.6 Å². The molecular weight excluding hydrogens is 475 g/mol. The molecule has 0 aliphatic carbocycles. The van der Waals surface area contributed by atoms with Crippen LogP contribution in [-0.2, 0) is 0 Å². The van der Waals surface area contributed by atoms with Crippen LogP contribution < -0.4 is 0 Å². The van der Waals surface area contributed by atoms with Crippen molar-refractivity contribution in [3.05, 3.63) is 0 Å². The van der Waals surface area contributed by atoms with Gasteiger partial charge in [0.25, 0.3) is 0 Å². The second-order valence-electron chi connectivity index (χ2n) is 0. The van der Waals surface area contributed by atoms with Crippen molar-refractivity contribution in [3.63, 3.8) is 0 Å². The predicted molar refractivity (Wildman–Crippen MR) is 23.0 cm³/mol. The van der Waals surface area contributed by atoms with Gasteiger partial charge in [0.1, 0.15) is 0 Å². The van der Waals surface area contributed by atoms with Crippen molar-refractivity contribution in [1.29, 1.82) is 0 Å². The Morgan fingerprint density at radius 2 is 0.250 bits per heavy atom. The first kappa shape index (κ1) is 27.1. The molecule has 0 nitrogen and oxygen atoms in total. The van der Waals surface area contributed by atoms with Gasteiger partial charge in [-0.25, -0.2) is 0 Å². The van der Waals surface area contributed by atoms with E-state index < -0.39 is 0 Å². The fraction of sp³-hybridized carbons (Fsp3) is 0. The summed E-state index contributed by atoms with van der Waals surface area (Å²) in [6, 6.07) is 0. The maximum absolute atomic E-state index is 0. The van der Waals surface area contributed by atoms with Crippen molar-refractivity contribution in [2.45, 2.75) is 0 Å². The van der Waals surface area contributed by atoms with Gasteiger partial charge >= 0.3 is 0 Å². The molecule has 0 aliphatic rings. The first-order valence-electron chi connectivity index (χ1n) is 0. The monoisotopic (exact) mass is 480 g/mol. The van der Waals surface area contributed by atoms with Crippen LogP contribution in [0.2, 0.25) is 0 Å². The Labute approximate surface area is 93.7 Å². The molecule has 0 fully saturated rings. The third-order valence-corrected chi connectivity index (χ3v) is 0. The van der Waals surface area contributed by atoms with Gasteiger partial charge in [0.15, 0.2) is 0 Å². The van der Waals surface area contributed by atoms with Crippen molar-refractivity contribution in [2.24, 2.45) is 0 Å². The molecule has 4 heteroatoms. The molecule has 0 saturated heterocycles. The second-order valence-corrected chi connectivity index (χ2v) is 0. The Bertz CT molecular complexity index is 0. The van der Waals surface area contributed by atoms with Crippen LogP contribution in [0.4, 0.5) is 0 Å². The Hall–Kier alpha value is 3.19. The third-order valence-electron chi connectivity index (χ3n) is 0. The first-order chi connectivity index (χ1) is 0. The van der Waals surface area contributed by atoms with Crippen molar-refractivity contribution in [3.8, 4) is 0 Å². The molecule has 0 heterocycles. The van der Waals surface area contributed by atoms with E-state index in [2.05, 4.69) is 0 Å². The van der Waals surface area contributed by atoms with Crippen LogP contribution in [-0.4, -0.2) is 95.6 Å². The van der Waals surface area contributed by atoms with Crippen LogP contribution in [0, 0.1) is 0 Å². The molecule has 0 spiro atoms. The molecule has 4 heavy (non-hydrogen) atoms. The topological polar surface area (TPSA) is 0 Å². The third kappa shape index (κ3) is 8.96. The minimum atomic E-state index is 0. The maximum atomic E-state index is 0. The van der Waals surface area contributed by atoms with E-state index in [1.165, 1.54) is 0 Å². The van der Waals surface area contributed by atoms with Gasteiger partial charge in [-0.3, -0.25) is 0 Å². The maximum Gasteiger partial charge on any atom is 0 e. The standard InChI is InChI=1S/4Sn. The number of rotatable bonds is 0. The zero-order valence-electron chi connectivity index (χ0n) is 2.00. The largest absolute Gasteiger partial charge is 0 e. The smallest absolute Gasteiger partial charge is 0 e. The molecule has 0 aromatic rings. The van der Waals surface area contributed by atoms with Crippen molar-refractivity contribution < 1.29 is 0 Å². The average Bonchev–Trinajstić information content (AvgIpc) is 0. The van der Waals surface area contributed by atoms with Gasteiger partial charge in [0.05, 0.1) is 0 Å². The zero-order valence-corrected chi connectivity index (χ0v) is 13.4. The molecule has 0 aliphatic heterocycles. The summed E-state index contributed by atoms with van der Waals surface area (Å²) in [5.74, 6) is 0. The van der Waals surface area contributed by atoms with Crippen LogP contribution >= 0.6 is 0 Å². The number of hydrogen-bond donors (Lipinski definition) is 0. The molecule has 0 N–H and O–H groups in total. The first-order valence-corrected chi connectivity index (χ1v) is 0. The summed E-state index contributed by atoms with van der Waals surface area (Å²) in [7, 11) is 0. The van der Waals surface area contributed by atoms with Crippen molar-refractivity contribution in [1.82, 2.24) is 0 Å². The predicted octanol–water partition coefficient (Wildman–Crippen LogP) is -1.52. The molecule has 0 unspecified atom stereocenters. The van der Waals surface area contributed by atoms with Gasteiger partial charge in [-0.15, -0.1) is 0 Å². The minimum absolute atomic E-state index is 0.